The summed E-state index contributed by atoms with van der Waals surface area (Å²) in [6.07, 6.45) is 1.08. The van der Waals surface area contributed by atoms with Crippen molar-refractivity contribution in [3.8, 4) is 0 Å². The SMILES string of the molecule is CC(C)CC1CNC(C)(C)CN1Cc1ccc(F)cc1F. The number of hydrogen-bond donors (Lipinski definition) is 1. The average molecular weight is 296 g/mol. The van der Waals surface area contributed by atoms with E-state index >= 15 is 0 Å². The zero-order valence-corrected chi connectivity index (χ0v) is 13.4. The van der Waals surface area contributed by atoms with Crippen LogP contribution in [0.5, 0.6) is 0 Å². The second-order valence-electron chi connectivity index (χ2n) is 7.19. The number of hydrogen-bond acceptors (Lipinski definition) is 2. The van der Waals surface area contributed by atoms with Crippen LogP contribution in [0.3, 0.4) is 0 Å². The molecule has 1 N–H and O–H groups in total. The molecule has 0 bridgehead atoms. The van der Waals surface area contributed by atoms with Gasteiger partial charge in [-0.25, -0.2) is 8.78 Å². The van der Waals surface area contributed by atoms with Gasteiger partial charge in [0.05, 0.1) is 0 Å². The van der Waals surface area contributed by atoms with Crippen LogP contribution in [0.25, 0.3) is 0 Å². The van der Waals surface area contributed by atoms with E-state index in [-0.39, 0.29) is 5.54 Å². The second kappa shape index (κ2) is 6.41. The maximum absolute atomic E-state index is 13.9. The van der Waals surface area contributed by atoms with Crippen LogP contribution in [0.2, 0.25) is 0 Å². The highest BCUT2D eigenvalue weighted by Gasteiger charge is 2.32. The van der Waals surface area contributed by atoms with Gasteiger partial charge in [-0.3, -0.25) is 4.90 Å². The molecule has 0 saturated carbocycles. The molecule has 1 aromatic carbocycles. The summed E-state index contributed by atoms with van der Waals surface area (Å²) in [5.41, 5.74) is 0.590. The molecule has 1 fully saturated rings. The highest BCUT2D eigenvalue weighted by molar-refractivity contribution is 5.19. The van der Waals surface area contributed by atoms with Crippen LogP contribution < -0.4 is 5.32 Å². The van der Waals surface area contributed by atoms with Gasteiger partial charge in [-0.05, 0) is 32.3 Å². The molecule has 4 heteroatoms. The Morgan fingerprint density at radius 1 is 1.33 bits per heavy atom. The van der Waals surface area contributed by atoms with Crippen molar-refractivity contribution >= 4 is 0 Å². The van der Waals surface area contributed by atoms with Gasteiger partial charge >= 0.3 is 0 Å². The molecule has 1 unspecified atom stereocenters. The predicted molar refractivity (Wildman–Crippen MR) is 82.1 cm³/mol. The third kappa shape index (κ3) is 4.48. The molecular weight excluding hydrogens is 270 g/mol. The molecule has 2 nitrogen and oxygen atoms in total. The van der Waals surface area contributed by atoms with Gasteiger partial charge in [0.2, 0.25) is 0 Å². The molecule has 1 saturated heterocycles. The lowest BCUT2D eigenvalue weighted by atomic mass is 9.93. The summed E-state index contributed by atoms with van der Waals surface area (Å²) in [5.74, 6) is -0.371. The first-order valence-electron chi connectivity index (χ1n) is 7.70. The van der Waals surface area contributed by atoms with E-state index in [4.69, 9.17) is 0 Å². The van der Waals surface area contributed by atoms with Crippen molar-refractivity contribution in [2.24, 2.45) is 5.92 Å². The monoisotopic (exact) mass is 296 g/mol. The Morgan fingerprint density at radius 3 is 2.67 bits per heavy atom. The van der Waals surface area contributed by atoms with Gasteiger partial charge < -0.3 is 5.32 Å². The van der Waals surface area contributed by atoms with Crippen LogP contribution in [-0.4, -0.2) is 29.6 Å². The van der Waals surface area contributed by atoms with E-state index in [9.17, 15) is 8.78 Å². The molecule has 1 heterocycles. The number of piperazine rings is 1. The minimum atomic E-state index is -0.518. The lowest BCUT2D eigenvalue weighted by Gasteiger charge is -2.45. The van der Waals surface area contributed by atoms with E-state index in [1.165, 1.54) is 6.07 Å². The molecule has 0 amide bonds. The summed E-state index contributed by atoms with van der Waals surface area (Å²) in [6, 6.07) is 4.26. The summed E-state index contributed by atoms with van der Waals surface area (Å²) in [6.45, 7) is 11.0. The maximum atomic E-state index is 13.9. The Hall–Kier alpha value is -1.00. The van der Waals surface area contributed by atoms with E-state index < -0.39 is 11.6 Å². The molecule has 1 aliphatic rings. The van der Waals surface area contributed by atoms with Crippen LogP contribution in [0.4, 0.5) is 8.78 Å². The van der Waals surface area contributed by atoms with Crippen molar-refractivity contribution < 1.29 is 8.78 Å². The number of nitrogens with zero attached hydrogens (tertiary/aromatic N) is 1. The van der Waals surface area contributed by atoms with E-state index in [2.05, 4.69) is 37.9 Å². The van der Waals surface area contributed by atoms with Gasteiger partial charge in [-0.1, -0.05) is 19.9 Å². The predicted octanol–water partition coefficient (Wildman–Crippen LogP) is 3.56. The third-order valence-electron chi connectivity index (χ3n) is 4.06. The Balaban J connectivity index is 2.15. The van der Waals surface area contributed by atoms with Gasteiger partial charge in [0, 0.05) is 42.8 Å². The topological polar surface area (TPSA) is 15.3 Å². The average Bonchev–Trinajstić information content (AvgIpc) is 2.35. The van der Waals surface area contributed by atoms with Crippen molar-refractivity contribution in [3.63, 3.8) is 0 Å². The minimum Gasteiger partial charge on any atom is -0.309 e. The minimum absolute atomic E-state index is 0.0178. The first kappa shape index (κ1) is 16.4. The van der Waals surface area contributed by atoms with Crippen molar-refractivity contribution in [1.29, 1.82) is 0 Å². The van der Waals surface area contributed by atoms with Gasteiger partial charge in [-0.15, -0.1) is 0 Å². The van der Waals surface area contributed by atoms with E-state index in [1.807, 2.05) is 0 Å². The Morgan fingerprint density at radius 2 is 2.05 bits per heavy atom. The molecule has 118 valence electrons. The van der Waals surface area contributed by atoms with Gasteiger partial charge in [0.15, 0.2) is 0 Å². The van der Waals surface area contributed by atoms with Crippen LogP contribution in [-0.2, 0) is 6.54 Å². The number of rotatable bonds is 4. The molecule has 21 heavy (non-hydrogen) atoms. The van der Waals surface area contributed by atoms with E-state index in [0.717, 1.165) is 25.6 Å². The molecule has 2 rings (SSSR count). The first-order valence-corrected chi connectivity index (χ1v) is 7.70. The molecule has 0 radical (unpaired) electrons. The fourth-order valence-electron chi connectivity index (χ4n) is 3.05. The quantitative estimate of drug-likeness (QED) is 0.914. The van der Waals surface area contributed by atoms with Crippen molar-refractivity contribution in [1.82, 2.24) is 10.2 Å². The van der Waals surface area contributed by atoms with E-state index in [0.29, 0.717) is 24.1 Å². The molecule has 0 spiro atoms. The van der Waals surface area contributed by atoms with Crippen LogP contribution in [0.15, 0.2) is 18.2 Å². The number of halogens is 2. The highest BCUT2D eigenvalue weighted by Crippen LogP contribution is 2.23. The molecular formula is C17H26F2N2. The van der Waals surface area contributed by atoms with Crippen LogP contribution in [0.1, 0.15) is 39.7 Å². The number of nitrogens with one attached hydrogen (secondary N) is 1. The summed E-state index contributed by atoms with van der Waals surface area (Å²) in [4.78, 5) is 2.33. The lowest BCUT2D eigenvalue weighted by molar-refractivity contribution is 0.0750. The van der Waals surface area contributed by atoms with Gasteiger partial charge in [-0.2, -0.15) is 0 Å². The highest BCUT2D eigenvalue weighted by atomic mass is 19.1. The Bertz CT molecular complexity index is 486. The first-order chi connectivity index (χ1) is 9.77. The van der Waals surface area contributed by atoms with Gasteiger partial charge in [0.1, 0.15) is 11.6 Å². The summed E-state index contributed by atoms with van der Waals surface area (Å²) in [5, 5.41) is 3.56. The zero-order chi connectivity index (χ0) is 15.6. The summed E-state index contributed by atoms with van der Waals surface area (Å²) in [7, 11) is 0. The molecule has 0 aromatic heterocycles. The fraction of sp³-hybridized carbons (Fsp3) is 0.647. The van der Waals surface area contributed by atoms with Crippen LogP contribution >= 0.6 is 0 Å². The maximum Gasteiger partial charge on any atom is 0.130 e. The molecule has 1 atom stereocenters. The summed E-state index contributed by atoms with van der Waals surface area (Å²) < 4.78 is 26.9. The smallest absolute Gasteiger partial charge is 0.130 e. The lowest BCUT2D eigenvalue weighted by Crippen LogP contribution is -2.61. The van der Waals surface area contributed by atoms with Crippen molar-refractivity contribution in [2.45, 2.75) is 52.2 Å². The molecule has 1 aromatic rings. The van der Waals surface area contributed by atoms with Crippen LogP contribution in [0, 0.1) is 17.6 Å². The largest absolute Gasteiger partial charge is 0.309 e. The van der Waals surface area contributed by atoms with Crippen molar-refractivity contribution in [3.05, 3.63) is 35.4 Å². The molecule has 0 aliphatic carbocycles. The Kier molecular flexibility index (Phi) is 4.99. The zero-order valence-electron chi connectivity index (χ0n) is 13.4. The molecule has 1 aliphatic heterocycles. The second-order valence-corrected chi connectivity index (χ2v) is 7.19. The van der Waals surface area contributed by atoms with Crippen molar-refractivity contribution in [2.75, 3.05) is 13.1 Å². The normalized spacial score (nSPS) is 22.7. The summed E-state index contributed by atoms with van der Waals surface area (Å²) >= 11 is 0. The third-order valence-corrected chi connectivity index (χ3v) is 4.06. The fourth-order valence-corrected chi connectivity index (χ4v) is 3.05. The standard InChI is InChI=1S/C17H26F2N2/c1-12(2)7-15-9-20-17(3,4)11-21(15)10-13-5-6-14(18)8-16(13)19/h5-6,8,12,15,20H,7,9-11H2,1-4H3. The number of benzene rings is 1. The van der Waals surface area contributed by atoms with Gasteiger partial charge in [0.25, 0.3) is 0 Å². The van der Waals surface area contributed by atoms with E-state index in [1.54, 1.807) is 6.07 Å². The Labute approximate surface area is 126 Å².